The summed E-state index contributed by atoms with van der Waals surface area (Å²) >= 11 is 0. The van der Waals surface area contributed by atoms with E-state index in [4.69, 9.17) is 11.5 Å². The van der Waals surface area contributed by atoms with E-state index in [1.54, 1.807) is 23.1 Å². The van der Waals surface area contributed by atoms with E-state index in [1.165, 1.54) is 0 Å². The number of amides is 1. The highest BCUT2D eigenvalue weighted by atomic mass is 16.1. The summed E-state index contributed by atoms with van der Waals surface area (Å²) in [6.45, 7) is 2.05. The summed E-state index contributed by atoms with van der Waals surface area (Å²) in [5, 5.41) is 4.16. The molecular weight excluding hydrogens is 288 g/mol. The van der Waals surface area contributed by atoms with Gasteiger partial charge in [0.15, 0.2) is 0 Å². The maximum atomic E-state index is 12.0. The third-order valence-electron chi connectivity index (χ3n) is 4.02. The molecule has 0 aliphatic carbocycles. The number of rotatable bonds is 4. The lowest BCUT2D eigenvalue weighted by Gasteiger charge is -2.19. The van der Waals surface area contributed by atoms with E-state index >= 15 is 0 Å². The van der Waals surface area contributed by atoms with E-state index in [0.29, 0.717) is 16.9 Å². The molecule has 1 heterocycles. The van der Waals surface area contributed by atoms with Crippen LogP contribution in [0.4, 0.5) is 5.69 Å². The molecule has 5 heteroatoms. The Labute approximate surface area is 134 Å². The summed E-state index contributed by atoms with van der Waals surface area (Å²) in [7, 11) is 0. The minimum absolute atomic E-state index is 0.0565. The summed E-state index contributed by atoms with van der Waals surface area (Å²) in [6, 6.07) is 15.5. The van der Waals surface area contributed by atoms with Gasteiger partial charge in [0, 0.05) is 18.3 Å². The number of carbonyl (C=O) groups is 1. The van der Waals surface area contributed by atoms with Gasteiger partial charge in [0.1, 0.15) is 0 Å². The lowest BCUT2D eigenvalue weighted by molar-refractivity contribution is 0.100. The SMILES string of the molecule is CC(c1ccccc1)c1ccc(-n2cccn2)c(C(N)=O)c1N. The number of primary amides is 1. The first kappa shape index (κ1) is 14.8. The van der Waals surface area contributed by atoms with E-state index in [0.717, 1.165) is 11.1 Å². The Morgan fingerprint density at radius 3 is 2.48 bits per heavy atom. The molecule has 0 bridgehead atoms. The molecule has 3 aromatic rings. The van der Waals surface area contributed by atoms with Crippen LogP contribution in [0, 0.1) is 0 Å². The van der Waals surface area contributed by atoms with Crippen LogP contribution in [-0.2, 0) is 0 Å². The Hall–Kier alpha value is -3.08. The van der Waals surface area contributed by atoms with E-state index in [2.05, 4.69) is 12.0 Å². The summed E-state index contributed by atoms with van der Waals surface area (Å²) in [5.74, 6) is -0.504. The standard InChI is InChI=1S/C18H18N4O/c1-12(13-6-3-2-4-7-13)14-8-9-15(22-11-5-10-21-22)16(17(14)19)18(20)23/h2-12H,19H2,1H3,(H2,20,23). The van der Waals surface area contributed by atoms with Crippen LogP contribution in [0.2, 0.25) is 0 Å². The van der Waals surface area contributed by atoms with Crippen molar-refractivity contribution < 1.29 is 4.79 Å². The summed E-state index contributed by atoms with van der Waals surface area (Å²) in [5.41, 5.74) is 15.2. The molecule has 1 amide bonds. The molecule has 0 fully saturated rings. The van der Waals surface area contributed by atoms with Gasteiger partial charge in [-0.15, -0.1) is 0 Å². The van der Waals surface area contributed by atoms with Gasteiger partial charge in [0.2, 0.25) is 0 Å². The molecule has 0 aliphatic rings. The van der Waals surface area contributed by atoms with Crippen LogP contribution in [0.5, 0.6) is 0 Å². The van der Waals surface area contributed by atoms with E-state index in [1.807, 2.05) is 42.5 Å². The molecule has 0 aliphatic heterocycles. The highest BCUT2D eigenvalue weighted by molar-refractivity contribution is 6.02. The third-order valence-corrected chi connectivity index (χ3v) is 4.02. The van der Waals surface area contributed by atoms with Crippen LogP contribution >= 0.6 is 0 Å². The summed E-state index contributed by atoms with van der Waals surface area (Å²) in [6.07, 6.45) is 3.39. The van der Waals surface area contributed by atoms with Crippen molar-refractivity contribution in [2.45, 2.75) is 12.8 Å². The van der Waals surface area contributed by atoms with Gasteiger partial charge in [0.05, 0.1) is 16.9 Å². The van der Waals surface area contributed by atoms with Gasteiger partial charge in [-0.1, -0.05) is 43.3 Å². The normalized spacial score (nSPS) is 12.0. The fraction of sp³-hybridized carbons (Fsp3) is 0.111. The number of carbonyl (C=O) groups excluding carboxylic acids is 1. The molecule has 0 saturated heterocycles. The molecule has 0 radical (unpaired) electrons. The van der Waals surface area contributed by atoms with Crippen LogP contribution in [0.1, 0.15) is 34.3 Å². The molecule has 0 spiro atoms. The van der Waals surface area contributed by atoms with Gasteiger partial charge in [-0.25, -0.2) is 4.68 Å². The fourth-order valence-corrected chi connectivity index (χ4v) is 2.78. The maximum Gasteiger partial charge on any atom is 0.253 e. The average molecular weight is 306 g/mol. The minimum Gasteiger partial charge on any atom is -0.398 e. The van der Waals surface area contributed by atoms with Gasteiger partial charge in [-0.2, -0.15) is 5.10 Å². The molecule has 4 N–H and O–H groups in total. The lowest BCUT2D eigenvalue weighted by atomic mass is 9.89. The minimum atomic E-state index is -0.560. The maximum absolute atomic E-state index is 12.0. The van der Waals surface area contributed by atoms with Gasteiger partial charge in [-0.3, -0.25) is 4.79 Å². The topological polar surface area (TPSA) is 86.9 Å². The Morgan fingerprint density at radius 2 is 1.87 bits per heavy atom. The van der Waals surface area contributed by atoms with Crippen LogP contribution in [0.25, 0.3) is 5.69 Å². The second kappa shape index (κ2) is 5.96. The monoisotopic (exact) mass is 306 g/mol. The first-order valence-electron chi connectivity index (χ1n) is 7.36. The Morgan fingerprint density at radius 1 is 1.13 bits per heavy atom. The Bertz CT molecular complexity index is 826. The molecular formula is C18H18N4O. The number of nitrogens with zero attached hydrogens (tertiary/aromatic N) is 2. The van der Waals surface area contributed by atoms with Crippen molar-refractivity contribution in [3.05, 3.63) is 77.6 Å². The molecule has 116 valence electrons. The number of aromatic nitrogens is 2. The predicted octanol–water partition coefficient (Wildman–Crippen LogP) is 2.71. The summed E-state index contributed by atoms with van der Waals surface area (Å²) < 4.78 is 1.59. The number of hydrogen-bond acceptors (Lipinski definition) is 3. The second-order valence-corrected chi connectivity index (χ2v) is 5.41. The molecule has 1 unspecified atom stereocenters. The fourth-order valence-electron chi connectivity index (χ4n) is 2.78. The molecule has 5 nitrogen and oxygen atoms in total. The zero-order valence-electron chi connectivity index (χ0n) is 12.8. The molecule has 3 rings (SSSR count). The Balaban J connectivity index is 2.14. The number of anilines is 1. The van der Waals surface area contributed by atoms with Crippen LogP contribution < -0.4 is 11.5 Å². The van der Waals surface area contributed by atoms with E-state index in [9.17, 15) is 4.79 Å². The molecule has 23 heavy (non-hydrogen) atoms. The summed E-state index contributed by atoms with van der Waals surface area (Å²) in [4.78, 5) is 12.0. The molecule has 1 aromatic heterocycles. The molecule has 0 saturated carbocycles. The zero-order valence-corrected chi connectivity index (χ0v) is 12.8. The van der Waals surface area contributed by atoms with Crippen LogP contribution in [0.15, 0.2) is 60.9 Å². The van der Waals surface area contributed by atoms with Crippen molar-refractivity contribution in [1.82, 2.24) is 9.78 Å². The number of hydrogen-bond donors (Lipinski definition) is 2. The van der Waals surface area contributed by atoms with Crippen molar-refractivity contribution in [2.24, 2.45) is 5.73 Å². The Kier molecular flexibility index (Phi) is 3.85. The number of nitrogens with two attached hydrogens (primary N) is 2. The first-order chi connectivity index (χ1) is 11.1. The van der Waals surface area contributed by atoms with Gasteiger partial charge >= 0.3 is 0 Å². The second-order valence-electron chi connectivity index (χ2n) is 5.41. The van der Waals surface area contributed by atoms with Crippen LogP contribution in [-0.4, -0.2) is 15.7 Å². The van der Waals surface area contributed by atoms with Crippen molar-refractivity contribution in [3.8, 4) is 5.69 Å². The highest BCUT2D eigenvalue weighted by Crippen LogP contribution is 2.33. The first-order valence-corrected chi connectivity index (χ1v) is 7.36. The largest absolute Gasteiger partial charge is 0.398 e. The average Bonchev–Trinajstić information content (AvgIpc) is 3.08. The third kappa shape index (κ3) is 2.68. The zero-order chi connectivity index (χ0) is 16.4. The quantitative estimate of drug-likeness (QED) is 0.726. The van der Waals surface area contributed by atoms with Gasteiger partial charge in [-0.05, 0) is 23.3 Å². The smallest absolute Gasteiger partial charge is 0.253 e. The van der Waals surface area contributed by atoms with Gasteiger partial charge < -0.3 is 11.5 Å². The van der Waals surface area contributed by atoms with E-state index in [-0.39, 0.29) is 5.92 Å². The van der Waals surface area contributed by atoms with Crippen molar-refractivity contribution in [1.29, 1.82) is 0 Å². The van der Waals surface area contributed by atoms with Crippen LogP contribution in [0.3, 0.4) is 0 Å². The van der Waals surface area contributed by atoms with Crippen molar-refractivity contribution >= 4 is 11.6 Å². The predicted molar refractivity (Wildman–Crippen MR) is 90.5 cm³/mol. The van der Waals surface area contributed by atoms with E-state index < -0.39 is 5.91 Å². The highest BCUT2D eigenvalue weighted by Gasteiger charge is 2.20. The molecule has 2 aromatic carbocycles. The number of nitrogen functional groups attached to an aromatic ring is 1. The van der Waals surface area contributed by atoms with Crippen molar-refractivity contribution in [3.63, 3.8) is 0 Å². The molecule has 1 atom stereocenters. The van der Waals surface area contributed by atoms with Crippen molar-refractivity contribution in [2.75, 3.05) is 5.73 Å². The van der Waals surface area contributed by atoms with Gasteiger partial charge in [0.25, 0.3) is 5.91 Å². The lowest BCUT2D eigenvalue weighted by Crippen LogP contribution is -2.19. The number of benzene rings is 2.